The van der Waals surface area contributed by atoms with E-state index in [0.717, 1.165) is 6.42 Å². The summed E-state index contributed by atoms with van der Waals surface area (Å²) in [6.07, 6.45) is 0.848. The van der Waals surface area contributed by atoms with Crippen molar-refractivity contribution in [2.24, 2.45) is 0 Å². The van der Waals surface area contributed by atoms with Gasteiger partial charge in [-0.25, -0.2) is 0 Å². The quantitative estimate of drug-likeness (QED) is 0.542. The second-order valence-electron chi connectivity index (χ2n) is 2.41. The summed E-state index contributed by atoms with van der Waals surface area (Å²) in [5.41, 5.74) is -0.500. The summed E-state index contributed by atoms with van der Waals surface area (Å²) in [7, 11) is 0. The van der Waals surface area contributed by atoms with Crippen molar-refractivity contribution in [1.82, 2.24) is 0 Å². The molecule has 1 aliphatic rings. The average molecular weight is 116 g/mol. The fourth-order valence-electron chi connectivity index (χ4n) is 0.832. The van der Waals surface area contributed by atoms with Crippen LogP contribution in [0.3, 0.4) is 0 Å². The lowest BCUT2D eigenvalue weighted by atomic mass is 9.91. The third kappa shape index (κ3) is 0.644. The molecule has 0 aliphatic carbocycles. The molecule has 2 nitrogen and oxygen atoms in total. The first-order valence-corrected chi connectivity index (χ1v) is 3.03. The van der Waals surface area contributed by atoms with Gasteiger partial charge in [-0.15, -0.1) is 0 Å². The highest BCUT2D eigenvalue weighted by molar-refractivity contribution is 4.90. The molecular weight excluding hydrogens is 104 g/mol. The largest absolute Gasteiger partial charge is 0.385 e. The van der Waals surface area contributed by atoms with Gasteiger partial charge in [0.2, 0.25) is 0 Å². The maximum absolute atomic E-state index is 9.36. The molecule has 1 aliphatic heterocycles. The highest BCUT2D eigenvalue weighted by Gasteiger charge is 2.41. The Labute approximate surface area is 49.5 Å². The van der Waals surface area contributed by atoms with Gasteiger partial charge >= 0.3 is 0 Å². The van der Waals surface area contributed by atoms with Gasteiger partial charge in [0, 0.05) is 0 Å². The van der Waals surface area contributed by atoms with Crippen molar-refractivity contribution in [1.29, 1.82) is 0 Å². The molecule has 0 aromatic rings. The van der Waals surface area contributed by atoms with Gasteiger partial charge in [-0.05, 0) is 13.3 Å². The van der Waals surface area contributed by atoms with Crippen molar-refractivity contribution in [2.45, 2.75) is 32.0 Å². The van der Waals surface area contributed by atoms with Crippen LogP contribution in [0, 0.1) is 0 Å². The summed E-state index contributed by atoms with van der Waals surface area (Å²) in [5, 5.41) is 9.36. The Morgan fingerprint density at radius 3 is 2.50 bits per heavy atom. The molecule has 0 bridgehead atoms. The summed E-state index contributed by atoms with van der Waals surface area (Å²) >= 11 is 0. The maximum Gasteiger partial charge on any atom is 0.113 e. The van der Waals surface area contributed by atoms with Crippen molar-refractivity contribution in [3.63, 3.8) is 0 Å². The first-order valence-electron chi connectivity index (χ1n) is 3.03. The molecule has 0 amide bonds. The van der Waals surface area contributed by atoms with Crippen molar-refractivity contribution in [3.8, 4) is 0 Å². The predicted octanol–water partition coefficient (Wildman–Crippen LogP) is 0.546. The van der Waals surface area contributed by atoms with Crippen LogP contribution in [0.1, 0.15) is 20.3 Å². The Bertz CT molecular complexity index is 88.5. The Hall–Kier alpha value is -0.0800. The highest BCUT2D eigenvalue weighted by atomic mass is 16.6. The molecule has 2 unspecified atom stereocenters. The summed E-state index contributed by atoms with van der Waals surface area (Å²) in [6, 6.07) is 0. The number of rotatable bonds is 1. The monoisotopic (exact) mass is 116 g/mol. The molecule has 2 heteroatoms. The predicted molar refractivity (Wildman–Crippen MR) is 30.7 cm³/mol. The van der Waals surface area contributed by atoms with Crippen molar-refractivity contribution < 1.29 is 9.84 Å². The van der Waals surface area contributed by atoms with Gasteiger partial charge in [-0.3, -0.25) is 0 Å². The fraction of sp³-hybridized carbons (Fsp3) is 1.00. The molecule has 0 aromatic heterocycles. The van der Waals surface area contributed by atoms with Crippen LogP contribution in [0.5, 0.6) is 0 Å². The normalized spacial score (nSPS) is 46.1. The fourth-order valence-corrected chi connectivity index (χ4v) is 0.832. The Kier molecular flexibility index (Phi) is 1.29. The zero-order valence-corrected chi connectivity index (χ0v) is 5.35. The second kappa shape index (κ2) is 1.71. The van der Waals surface area contributed by atoms with Crippen LogP contribution in [0.15, 0.2) is 0 Å². The van der Waals surface area contributed by atoms with E-state index in [9.17, 15) is 5.11 Å². The van der Waals surface area contributed by atoms with Crippen LogP contribution in [-0.4, -0.2) is 23.4 Å². The molecule has 2 atom stereocenters. The minimum atomic E-state index is -0.500. The summed E-state index contributed by atoms with van der Waals surface area (Å²) in [5.74, 6) is 0. The molecule has 8 heavy (non-hydrogen) atoms. The van der Waals surface area contributed by atoms with E-state index in [4.69, 9.17) is 4.74 Å². The number of ether oxygens (including phenoxy) is 1. The van der Waals surface area contributed by atoms with Gasteiger partial charge in [-0.1, -0.05) is 6.92 Å². The van der Waals surface area contributed by atoms with Crippen LogP contribution in [0.25, 0.3) is 0 Å². The third-order valence-corrected chi connectivity index (χ3v) is 1.95. The number of hydrogen-bond donors (Lipinski definition) is 1. The van der Waals surface area contributed by atoms with E-state index in [2.05, 4.69) is 0 Å². The lowest BCUT2D eigenvalue weighted by molar-refractivity contribution is -0.230. The molecule has 1 rings (SSSR count). The highest BCUT2D eigenvalue weighted by Crippen LogP contribution is 2.27. The SMILES string of the molecule is CCC1(O)COC1C. The van der Waals surface area contributed by atoms with Crippen LogP contribution in [0.4, 0.5) is 0 Å². The van der Waals surface area contributed by atoms with E-state index < -0.39 is 5.60 Å². The molecule has 48 valence electrons. The van der Waals surface area contributed by atoms with Crippen LogP contribution in [-0.2, 0) is 4.74 Å². The van der Waals surface area contributed by atoms with E-state index in [1.54, 1.807) is 0 Å². The zero-order chi connectivity index (χ0) is 6.20. The topological polar surface area (TPSA) is 29.5 Å². The van der Waals surface area contributed by atoms with E-state index in [0.29, 0.717) is 6.61 Å². The molecule has 0 saturated carbocycles. The zero-order valence-electron chi connectivity index (χ0n) is 5.35. The van der Waals surface area contributed by atoms with Crippen molar-refractivity contribution >= 4 is 0 Å². The minimum absolute atomic E-state index is 0.0486. The molecule has 1 fully saturated rings. The smallest absolute Gasteiger partial charge is 0.113 e. The van der Waals surface area contributed by atoms with Gasteiger partial charge in [-0.2, -0.15) is 0 Å². The second-order valence-corrected chi connectivity index (χ2v) is 2.41. The lowest BCUT2D eigenvalue weighted by Crippen LogP contribution is -2.56. The van der Waals surface area contributed by atoms with Gasteiger partial charge < -0.3 is 9.84 Å². The molecule has 0 radical (unpaired) electrons. The summed E-state index contributed by atoms with van der Waals surface area (Å²) in [6.45, 7) is 4.39. The third-order valence-electron chi connectivity index (χ3n) is 1.95. The molecule has 0 aromatic carbocycles. The first kappa shape index (κ1) is 6.05. The Morgan fingerprint density at radius 2 is 2.50 bits per heavy atom. The van der Waals surface area contributed by atoms with Crippen LogP contribution < -0.4 is 0 Å². The number of hydrogen-bond acceptors (Lipinski definition) is 2. The van der Waals surface area contributed by atoms with Crippen molar-refractivity contribution in [3.05, 3.63) is 0 Å². The molecule has 1 N–H and O–H groups in total. The minimum Gasteiger partial charge on any atom is -0.385 e. The Morgan fingerprint density at radius 1 is 1.88 bits per heavy atom. The van der Waals surface area contributed by atoms with E-state index >= 15 is 0 Å². The van der Waals surface area contributed by atoms with Gasteiger partial charge in [0.05, 0.1) is 12.7 Å². The Balaban J connectivity index is 2.42. The van der Waals surface area contributed by atoms with Gasteiger partial charge in [0.1, 0.15) is 5.60 Å². The average Bonchev–Trinajstić information content (AvgIpc) is 1.83. The first-order chi connectivity index (χ1) is 3.69. The van der Waals surface area contributed by atoms with E-state index in [1.165, 1.54) is 0 Å². The van der Waals surface area contributed by atoms with E-state index in [-0.39, 0.29) is 6.10 Å². The lowest BCUT2D eigenvalue weighted by Gasteiger charge is -2.42. The number of aliphatic hydroxyl groups is 1. The standard InChI is InChI=1S/C6H12O2/c1-3-6(7)4-8-5(6)2/h5,7H,3-4H2,1-2H3. The molecule has 0 spiro atoms. The van der Waals surface area contributed by atoms with E-state index in [1.807, 2.05) is 13.8 Å². The van der Waals surface area contributed by atoms with Gasteiger partial charge in [0.25, 0.3) is 0 Å². The van der Waals surface area contributed by atoms with Crippen LogP contribution >= 0.6 is 0 Å². The molecule has 1 saturated heterocycles. The van der Waals surface area contributed by atoms with Crippen LogP contribution in [0.2, 0.25) is 0 Å². The van der Waals surface area contributed by atoms with Gasteiger partial charge in [0.15, 0.2) is 0 Å². The van der Waals surface area contributed by atoms with Crippen molar-refractivity contribution in [2.75, 3.05) is 6.61 Å². The molecule has 1 heterocycles. The molecular formula is C6H12O2. The summed E-state index contributed by atoms with van der Waals surface area (Å²) in [4.78, 5) is 0. The summed E-state index contributed by atoms with van der Waals surface area (Å²) < 4.78 is 4.99. The maximum atomic E-state index is 9.36.